The van der Waals surface area contributed by atoms with Crippen LogP contribution in [0.15, 0.2) is 24.3 Å². The summed E-state index contributed by atoms with van der Waals surface area (Å²) in [4.78, 5) is 23.5. The van der Waals surface area contributed by atoms with Gasteiger partial charge >= 0.3 is 6.03 Å². The number of benzene rings is 1. The molecular formula is C11H12ClFN2O2. The van der Waals surface area contributed by atoms with Gasteiger partial charge < -0.3 is 4.90 Å². The Hall–Kier alpha value is -1.62. The van der Waals surface area contributed by atoms with Crippen LogP contribution < -0.4 is 5.32 Å². The maximum atomic E-state index is 13.3. The molecule has 0 saturated heterocycles. The van der Waals surface area contributed by atoms with Crippen molar-refractivity contribution in [3.05, 3.63) is 35.6 Å². The zero-order valence-electron chi connectivity index (χ0n) is 9.24. The Kier molecular flexibility index (Phi) is 4.90. The topological polar surface area (TPSA) is 49.4 Å². The molecule has 0 spiro atoms. The highest BCUT2D eigenvalue weighted by Gasteiger charge is 2.13. The molecule has 1 rings (SSSR count). The quantitative estimate of drug-likeness (QED) is 0.840. The molecule has 0 saturated carbocycles. The molecule has 0 aliphatic heterocycles. The molecule has 0 radical (unpaired) electrons. The third-order valence-corrected chi connectivity index (χ3v) is 2.32. The van der Waals surface area contributed by atoms with E-state index in [1.54, 1.807) is 18.2 Å². The first-order valence-electron chi connectivity index (χ1n) is 4.89. The molecule has 92 valence electrons. The van der Waals surface area contributed by atoms with Crippen LogP contribution in [0.2, 0.25) is 0 Å². The van der Waals surface area contributed by atoms with Gasteiger partial charge in [0, 0.05) is 19.2 Å². The van der Waals surface area contributed by atoms with Crippen molar-refractivity contribution in [3.8, 4) is 0 Å². The average molecular weight is 259 g/mol. The zero-order valence-corrected chi connectivity index (χ0v) is 10.00. The first kappa shape index (κ1) is 13.4. The Morgan fingerprint density at radius 1 is 1.41 bits per heavy atom. The van der Waals surface area contributed by atoms with Crippen molar-refractivity contribution in [3.63, 3.8) is 0 Å². The minimum atomic E-state index is -0.612. The molecule has 1 aromatic carbocycles. The third kappa shape index (κ3) is 4.03. The number of urea groups is 1. The highest BCUT2D eigenvalue weighted by atomic mass is 35.5. The summed E-state index contributed by atoms with van der Waals surface area (Å²) in [6.07, 6.45) is 0. The van der Waals surface area contributed by atoms with Gasteiger partial charge in [-0.15, -0.1) is 11.6 Å². The molecule has 0 bridgehead atoms. The van der Waals surface area contributed by atoms with E-state index < -0.39 is 17.8 Å². The van der Waals surface area contributed by atoms with Crippen LogP contribution in [0.4, 0.5) is 9.18 Å². The van der Waals surface area contributed by atoms with Gasteiger partial charge in [-0.1, -0.05) is 18.2 Å². The van der Waals surface area contributed by atoms with Crippen LogP contribution in [0.1, 0.15) is 5.56 Å². The molecular weight excluding hydrogens is 247 g/mol. The second-order valence-electron chi connectivity index (χ2n) is 3.43. The van der Waals surface area contributed by atoms with Crippen LogP contribution in [-0.2, 0) is 11.3 Å². The lowest BCUT2D eigenvalue weighted by atomic mass is 10.2. The van der Waals surface area contributed by atoms with Crippen molar-refractivity contribution in [2.75, 3.05) is 12.9 Å². The molecule has 6 heteroatoms. The van der Waals surface area contributed by atoms with Gasteiger partial charge in [-0.3, -0.25) is 10.1 Å². The molecule has 0 aromatic heterocycles. The van der Waals surface area contributed by atoms with Crippen LogP contribution in [0.25, 0.3) is 0 Å². The van der Waals surface area contributed by atoms with Gasteiger partial charge in [-0.2, -0.15) is 0 Å². The number of carbonyl (C=O) groups excluding carboxylic acids is 2. The molecule has 3 amide bonds. The summed E-state index contributed by atoms with van der Waals surface area (Å²) >= 11 is 5.24. The monoisotopic (exact) mass is 258 g/mol. The Morgan fingerprint density at radius 3 is 2.65 bits per heavy atom. The predicted molar refractivity (Wildman–Crippen MR) is 62.1 cm³/mol. The Morgan fingerprint density at radius 2 is 2.06 bits per heavy atom. The summed E-state index contributed by atoms with van der Waals surface area (Å²) < 4.78 is 13.3. The van der Waals surface area contributed by atoms with E-state index >= 15 is 0 Å². The number of nitrogens with zero attached hydrogens (tertiary/aromatic N) is 1. The number of hydrogen-bond donors (Lipinski definition) is 1. The van der Waals surface area contributed by atoms with Gasteiger partial charge in [0.15, 0.2) is 0 Å². The fraction of sp³-hybridized carbons (Fsp3) is 0.273. The van der Waals surface area contributed by atoms with Crippen molar-refractivity contribution < 1.29 is 14.0 Å². The lowest BCUT2D eigenvalue weighted by Gasteiger charge is -2.17. The zero-order chi connectivity index (χ0) is 12.8. The summed E-state index contributed by atoms with van der Waals surface area (Å²) in [6.45, 7) is 0.0775. The lowest BCUT2D eigenvalue weighted by molar-refractivity contribution is -0.117. The number of nitrogens with one attached hydrogen (secondary N) is 1. The highest BCUT2D eigenvalue weighted by molar-refractivity contribution is 6.28. The van der Waals surface area contributed by atoms with E-state index in [2.05, 4.69) is 5.32 Å². The van der Waals surface area contributed by atoms with Gasteiger partial charge in [0.1, 0.15) is 11.7 Å². The number of alkyl halides is 1. The molecule has 0 aliphatic carbocycles. The number of carbonyl (C=O) groups is 2. The van der Waals surface area contributed by atoms with Crippen molar-refractivity contribution in [2.45, 2.75) is 6.54 Å². The second-order valence-corrected chi connectivity index (χ2v) is 3.70. The average Bonchev–Trinajstić information content (AvgIpc) is 2.31. The van der Waals surface area contributed by atoms with Gasteiger partial charge in [0.25, 0.3) is 0 Å². The summed E-state index contributed by atoms with van der Waals surface area (Å²) in [5.74, 6) is -1.27. The number of hydrogen-bond acceptors (Lipinski definition) is 2. The van der Waals surface area contributed by atoms with Crippen LogP contribution >= 0.6 is 11.6 Å². The van der Waals surface area contributed by atoms with Gasteiger partial charge in [0.05, 0.1) is 0 Å². The third-order valence-electron chi connectivity index (χ3n) is 2.08. The number of imide groups is 1. The van der Waals surface area contributed by atoms with Crippen LogP contribution in [0.3, 0.4) is 0 Å². The largest absolute Gasteiger partial charge is 0.324 e. The fourth-order valence-electron chi connectivity index (χ4n) is 1.20. The first-order valence-corrected chi connectivity index (χ1v) is 5.42. The summed E-state index contributed by atoms with van der Waals surface area (Å²) in [7, 11) is 1.46. The number of amides is 3. The Labute approximate surface area is 103 Å². The maximum absolute atomic E-state index is 13.3. The van der Waals surface area contributed by atoms with E-state index in [-0.39, 0.29) is 12.4 Å². The molecule has 1 aromatic rings. The molecule has 0 atom stereocenters. The standard InChI is InChI=1S/C11H12ClFN2O2/c1-15(11(17)14-10(16)6-12)7-8-4-2-3-5-9(8)13/h2-5H,6-7H2,1H3,(H,14,16,17). The molecule has 0 aliphatic rings. The van der Waals surface area contributed by atoms with Crippen LogP contribution in [0, 0.1) is 5.82 Å². The number of rotatable bonds is 3. The molecule has 4 nitrogen and oxygen atoms in total. The second kappa shape index (κ2) is 6.20. The first-order chi connectivity index (χ1) is 8.04. The van der Waals surface area contributed by atoms with E-state index in [1.807, 2.05) is 0 Å². The predicted octanol–water partition coefficient (Wildman–Crippen LogP) is 1.73. The summed E-state index contributed by atoms with van der Waals surface area (Å²) in [6, 6.07) is 5.51. The highest BCUT2D eigenvalue weighted by Crippen LogP contribution is 2.08. The van der Waals surface area contributed by atoms with Crippen molar-refractivity contribution in [1.29, 1.82) is 0 Å². The normalized spacial score (nSPS) is 9.82. The maximum Gasteiger partial charge on any atom is 0.324 e. The van der Waals surface area contributed by atoms with Crippen LogP contribution in [-0.4, -0.2) is 29.8 Å². The molecule has 1 N–H and O–H groups in total. The van der Waals surface area contributed by atoms with Gasteiger partial charge in [-0.05, 0) is 6.07 Å². The van der Waals surface area contributed by atoms with E-state index in [4.69, 9.17) is 11.6 Å². The Balaban J connectivity index is 2.60. The minimum Gasteiger partial charge on any atom is -0.323 e. The lowest BCUT2D eigenvalue weighted by Crippen LogP contribution is -2.41. The summed E-state index contributed by atoms with van der Waals surface area (Å²) in [5, 5.41) is 2.06. The minimum absolute atomic E-state index is 0.0775. The molecule has 0 unspecified atom stereocenters. The van der Waals surface area contributed by atoms with E-state index in [0.717, 1.165) is 0 Å². The van der Waals surface area contributed by atoms with Crippen LogP contribution in [0.5, 0.6) is 0 Å². The SMILES string of the molecule is CN(Cc1ccccc1F)C(=O)NC(=O)CCl. The van der Waals surface area contributed by atoms with E-state index in [9.17, 15) is 14.0 Å². The van der Waals surface area contributed by atoms with Gasteiger partial charge in [-0.25, -0.2) is 9.18 Å². The smallest absolute Gasteiger partial charge is 0.323 e. The van der Waals surface area contributed by atoms with Gasteiger partial charge in [0.2, 0.25) is 5.91 Å². The molecule has 0 heterocycles. The van der Waals surface area contributed by atoms with E-state index in [0.29, 0.717) is 5.56 Å². The molecule has 0 fully saturated rings. The Bertz CT molecular complexity index is 426. The van der Waals surface area contributed by atoms with Crippen molar-refractivity contribution in [1.82, 2.24) is 10.2 Å². The molecule has 17 heavy (non-hydrogen) atoms. The fourth-order valence-corrected chi connectivity index (χ4v) is 1.27. The van der Waals surface area contributed by atoms with Crippen molar-refractivity contribution >= 4 is 23.5 Å². The summed E-state index contributed by atoms with van der Waals surface area (Å²) in [5.41, 5.74) is 0.378. The number of halogens is 2. The van der Waals surface area contributed by atoms with Crippen molar-refractivity contribution in [2.24, 2.45) is 0 Å². The van der Waals surface area contributed by atoms with E-state index in [1.165, 1.54) is 18.0 Å².